The van der Waals surface area contributed by atoms with Crippen LogP contribution in [0.15, 0.2) is 40.7 Å². The SMILES string of the molecule is CN(C)c1ccc(C=C2SC(=N)N(c3nccs3)C2=O)cc1. The predicted molar refractivity (Wildman–Crippen MR) is 93.7 cm³/mol. The molecule has 0 atom stereocenters. The van der Waals surface area contributed by atoms with Gasteiger partial charge in [0.15, 0.2) is 10.3 Å². The first-order chi connectivity index (χ1) is 10.6. The molecule has 5 nitrogen and oxygen atoms in total. The van der Waals surface area contributed by atoms with E-state index < -0.39 is 0 Å². The van der Waals surface area contributed by atoms with Crippen molar-refractivity contribution in [2.75, 3.05) is 23.9 Å². The lowest BCUT2D eigenvalue weighted by Gasteiger charge is -2.11. The Morgan fingerprint density at radius 2 is 2.00 bits per heavy atom. The van der Waals surface area contributed by atoms with Crippen LogP contribution in [-0.4, -0.2) is 30.2 Å². The van der Waals surface area contributed by atoms with Crippen LogP contribution in [0.5, 0.6) is 0 Å². The molecule has 3 rings (SSSR count). The Morgan fingerprint density at radius 3 is 2.59 bits per heavy atom. The van der Waals surface area contributed by atoms with Crippen LogP contribution in [0.1, 0.15) is 5.56 Å². The molecule has 22 heavy (non-hydrogen) atoms. The van der Waals surface area contributed by atoms with E-state index >= 15 is 0 Å². The first-order valence-corrected chi connectivity index (χ1v) is 8.25. The summed E-state index contributed by atoms with van der Waals surface area (Å²) in [7, 11) is 3.97. The summed E-state index contributed by atoms with van der Waals surface area (Å²) in [6, 6.07) is 7.93. The van der Waals surface area contributed by atoms with Crippen molar-refractivity contribution < 1.29 is 4.79 Å². The van der Waals surface area contributed by atoms with E-state index in [1.165, 1.54) is 16.2 Å². The molecule has 0 spiro atoms. The molecule has 1 amide bonds. The minimum absolute atomic E-state index is 0.191. The zero-order chi connectivity index (χ0) is 15.7. The molecule has 2 aromatic rings. The number of amidine groups is 1. The van der Waals surface area contributed by atoms with Gasteiger partial charge >= 0.3 is 0 Å². The predicted octanol–water partition coefficient (Wildman–Crippen LogP) is 3.26. The van der Waals surface area contributed by atoms with Crippen molar-refractivity contribution in [3.63, 3.8) is 0 Å². The van der Waals surface area contributed by atoms with E-state index in [4.69, 9.17) is 5.41 Å². The fraction of sp³-hybridized carbons (Fsp3) is 0.133. The second-order valence-corrected chi connectivity index (χ2v) is 6.76. The number of anilines is 2. The number of benzene rings is 1. The topological polar surface area (TPSA) is 60.3 Å². The van der Waals surface area contributed by atoms with E-state index in [0.29, 0.717) is 10.0 Å². The Hall–Kier alpha value is -2.12. The third-order valence-corrected chi connectivity index (χ3v) is 4.79. The molecule has 0 unspecified atom stereocenters. The smallest absolute Gasteiger partial charge is 0.273 e. The first kappa shape index (κ1) is 14.8. The Labute approximate surface area is 136 Å². The molecule has 1 aromatic heterocycles. The van der Waals surface area contributed by atoms with Crippen LogP contribution in [-0.2, 0) is 4.79 Å². The lowest BCUT2D eigenvalue weighted by atomic mass is 10.2. The summed E-state index contributed by atoms with van der Waals surface area (Å²) in [5.74, 6) is -0.193. The summed E-state index contributed by atoms with van der Waals surface area (Å²) in [5, 5.41) is 10.5. The summed E-state index contributed by atoms with van der Waals surface area (Å²) < 4.78 is 0. The van der Waals surface area contributed by atoms with Crippen LogP contribution < -0.4 is 9.80 Å². The molecule has 0 aliphatic carbocycles. The summed E-state index contributed by atoms with van der Waals surface area (Å²) >= 11 is 2.51. The molecule has 112 valence electrons. The summed E-state index contributed by atoms with van der Waals surface area (Å²) in [5.41, 5.74) is 2.04. The maximum atomic E-state index is 12.4. The average molecular weight is 330 g/mol. The van der Waals surface area contributed by atoms with E-state index in [9.17, 15) is 4.79 Å². The van der Waals surface area contributed by atoms with Gasteiger partial charge in [-0.25, -0.2) is 9.88 Å². The number of carbonyl (C=O) groups excluding carboxylic acids is 1. The van der Waals surface area contributed by atoms with Crippen LogP contribution in [0, 0.1) is 5.41 Å². The van der Waals surface area contributed by atoms with Gasteiger partial charge < -0.3 is 4.90 Å². The third-order valence-electron chi connectivity index (χ3n) is 3.14. The molecule has 1 aliphatic heterocycles. The van der Waals surface area contributed by atoms with Gasteiger partial charge in [-0.05, 0) is 35.5 Å². The molecular weight excluding hydrogens is 316 g/mol. The normalized spacial score (nSPS) is 16.6. The van der Waals surface area contributed by atoms with Gasteiger partial charge in [0.05, 0.1) is 4.91 Å². The molecule has 0 radical (unpaired) electrons. The largest absolute Gasteiger partial charge is 0.378 e. The van der Waals surface area contributed by atoms with E-state index in [0.717, 1.165) is 23.0 Å². The number of carbonyl (C=O) groups is 1. The molecule has 1 aliphatic rings. The number of hydrogen-bond acceptors (Lipinski definition) is 6. The summed E-state index contributed by atoms with van der Waals surface area (Å²) in [4.78, 5) is 20.5. The minimum Gasteiger partial charge on any atom is -0.378 e. The average Bonchev–Trinajstić information content (AvgIpc) is 3.09. The van der Waals surface area contributed by atoms with Crippen LogP contribution in [0.2, 0.25) is 0 Å². The van der Waals surface area contributed by atoms with Crippen LogP contribution in [0.25, 0.3) is 6.08 Å². The Balaban J connectivity index is 1.86. The van der Waals surface area contributed by atoms with Crippen LogP contribution >= 0.6 is 23.1 Å². The van der Waals surface area contributed by atoms with Gasteiger partial charge in [0.2, 0.25) is 0 Å². The van der Waals surface area contributed by atoms with Gasteiger partial charge in [-0.15, -0.1) is 11.3 Å². The monoisotopic (exact) mass is 330 g/mol. The lowest BCUT2D eigenvalue weighted by molar-refractivity contribution is -0.113. The van der Waals surface area contributed by atoms with Crippen molar-refractivity contribution in [1.82, 2.24) is 4.98 Å². The number of hydrogen-bond donors (Lipinski definition) is 1. The van der Waals surface area contributed by atoms with Crippen molar-refractivity contribution in [2.45, 2.75) is 0 Å². The second-order valence-electron chi connectivity index (χ2n) is 4.86. The highest BCUT2D eigenvalue weighted by Crippen LogP contribution is 2.35. The molecule has 1 N–H and O–H groups in total. The quantitative estimate of drug-likeness (QED) is 0.878. The van der Waals surface area contributed by atoms with Gasteiger partial charge in [-0.2, -0.15) is 0 Å². The van der Waals surface area contributed by atoms with Crippen molar-refractivity contribution in [2.24, 2.45) is 0 Å². The van der Waals surface area contributed by atoms with Gasteiger partial charge in [-0.1, -0.05) is 12.1 Å². The number of aromatic nitrogens is 1. The van der Waals surface area contributed by atoms with E-state index in [1.807, 2.05) is 49.3 Å². The standard InChI is InChI=1S/C15H14N4OS2/c1-18(2)11-5-3-10(4-6-11)9-12-13(20)19(14(16)22-12)15-17-7-8-21-15/h3-9,16H,1-2H3. The molecule has 1 fully saturated rings. The van der Waals surface area contributed by atoms with Gasteiger partial charge in [0.25, 0.3) is 5.91 Å². The number of thioether (sulfide) groups is 1. The molecule has 2 heterocycles. The highest BCUT2D eigenvalue weighted by molar-refractivity contribution is 8.19. The van der Waals surface area contributed by atoms with Gasteiger partial charge in [0, 0.05) is 31.4 Å². The maximum Gasteiger partial charge on any atom is 0.273 e. The lowest BCUT2D eigenvalue weighted by Crippen LogP contribution is -2.27. The number of rotatable bonds is 3. The van der Waals surface area contributed by atoms with Crippen LogP contribution in [0.3, 0.4) is 0 Å². The minimum atomic E-state index is -0.193. The van der Waals surface area contributed by atoms with E-state index in [2.05, 4.69) is 4.98 Å². The van der Waals surface area contributed by atoms with Crippen molar-refractivity contribution >= 4 is 51.1 Å². The number of thiazole rings is 1. The first-order valence-electron chi connectivity index (χ1n) is 6.55. The van der Waals surface area contributed by atoms with E-state index in [-0.39, 0.29) is 11.1 Å². The van der Waals surface area contributed by atoms with Crippen molar-refractivity contribution in [3.05, 3.63) is 46.3 Å². The molecule has 1 saturated heterocycles. The van der Waals surface area contributed by atoms with E-state index in [1.54, 1.807) is 11.6 Å². The number of amides is 1. The number of nitrogens with one attached hydrogen (secondary N) is 1. The van der Waals surface area contributed by atoms with Gasteiger partial charge in [-0.3, -0.25) is 10.2 Å². The zero-order valence-electron chi connectivity index (χ0n) is 12.1. The molecule has 0 bridgehead atoms. The molecule has 0 saturated carbocycles. The molecular formula is C15H14N4OS2. The summed E-state index contributed by atoms with van der Waals surface area (Å²) in [6.07, 6.45) is 3.45. The van der Waals surface area contributed by atoms with Crippen molar-refractivity contribution in [1.29, 1.82) is 5.41 Å². The highest BCUT2D eigenvalue weighted by atomic mass is 32.2. The van der Waals surface area contributed by atoms with Crippen LogP contribution in [0.4, 0.5) is 10.8 Å². The second kappa shape index (κ2) is 5.94. The fourth-order valence-electron chi connectivity index (χ4n) is 2.01. The zero-order valence-corrected chi connectivity index (χ0v) is 13.7. The third kappa shape index (κ3) is 2.77. The molecule has 1 aromatic carbocycles. The maximum absolute atomic E-state index is 12.4. The Bertz CT molecular complexity index is 735. The fourth-order valence-corrected chi connectivity index (χ4v) is 3.55. The Kier molecular flexibility index (Phi) is 4.00. The van der Waals surface area contributed by atoms with Gasteiger partial charge in [0.1, 0.15) is 0 Å². The summed E-state index contributed by atoms with van der Waals surface area (Å²) in [6.45, 7) is 0. The molecule has 7 heteroatoms. The number of nitrogens with zero attached hydrogens (tertiary/aromatic N) is 3. The van der Waals surface area contributed by atoms with Crippen molar-refractivity contribution in [3.8, 4) is 0 Å². The highest BCUT2D eigenvalue weighted by Gasteiger charge is 2.34. The Morgan fingerprint density at radius 1 is 1.27 bits per heavy atom.